The Morgan fingerprint density at radius 2 is 1.70 bits per heavy atom. The molecule has 0 bridgehead atoms. The van der Waals surface area contributed by atoms with Gasteiger partial charge < -0.3 is 9.72 Å². The first-order chi connectivity index (χ1) is 12.7. The van der Waals surface area contributed by atoms with Crippen LogP contribution in [0.15, 0.2) is 58.1 Å². The molecule has 0 saturated heterocycles. The Kier molecular flexibility index (Phi) is 4.79. The summed E-state index contributed by atoms with van der Waals surface area (Å²) >= 11 is 5.92. The maximum Gasteiger partial charge on any atom is 0.431 e. The quantitative estimate of drug-likeness (QED) is 0.672. The number of rotatable bonds is 3. The predicted octanol–water partition coefficient (Wildman–Crippen LogP) is 4.13. The summed E-state index contributed by atoms with van der Waals surface area (Å²) in [6, 6.07) is 10.1. The van der Waals surface area contributed by atoms with Gasteiger partial charge in [-0.25, -0.2) is 13.8 Å². The maximum absolute atomic E-state index is 14.3. The Morgan fingerprint density at radius 3 is 2.30 bits per heavy atom. The van der Waals surface area contributed by atoms with Crippen molar-refractivity contribution in [3.8, 4) is 17.2 Å². The second-order valence-electron chi connectivity index (χ2n) is 5.31. The van der Waals surface area contributed by atoms with E-state index in [0.717, 1.165) is 12.1 Å². The molecule has 0 spiro atoms. The van der Waals surface area contributed by atoms with Crippen LogP contribution in [-0.4, -0.2) is 9.55 Å². The van der Waals surface area contributed by atoms with Gasteiger partial charge in [0.05, 0.1) is 10.7 Å². The van der Waals surface area contributed by atoms with Gasteiger partial charge in [-0.2, -0.15) is 13.2 Å². The zero-order chi connectivity index (χ0) is 19.8. The fourth-order valence-electron chi connectivity index (χ4n) is 2.26. The van der Waals surface area contributed by atoms with Gasteiger partial charge in [-0.05, 0) is 18.2 Å². The van der Waals surface area contributed by atoms with Crippen molar-refractivity contribution < 1.29 is 22.3 Å². The van der Waals surface area contributed by atoms with E-state index in [1.54, 1.807) is 30.3 Å². The van der Waals surface area contributed by atoms with Crippen LogP contribution in [0.2, 0.25) is 5.02 Å². The average molecular weight is 401 g/mol. The van der Waals surface area contributed by atoms with Crippen LogP contribution in [0, 0.1) is 5.82 Å². The van der Waals surface area contributed by atoms with Crippen LogP contribution in [0.1, 0.15) is 5.69 Å². The molecule has 0 aliphatic carbocycles. The Hall–Kier alpha value is -3.07. The third-order valence-corrected chi connectivity index (χ3v) is 3.75. The molecule has 3 aromatic rings. The molecule has 0 radical (unpaired) electrons. The van der Waals surface area contributed by atoms with Crippen molar-refractivity contribution in [3.05, 3.63) is 85.9 Å². The van der Waals surface area contributed by atoms with Crippen LogP contribution in [0.5, 0.6) is 11.5 Å². The van der Waals surface area contributed by atoms with Crippen molar-refractivity contribution in [1.82, 2.24) is 9.55 Å². The third kappa shape index (κ3) is 3.87. The highest BCUT2D eigenvalue weighted by Gasteiger charge is 2.33. The zero-order valence-corrected chi connectivity index (χ0v) is 13.9. The Bertz CT molecular complexity index is 1080. The van der Waals surface area contributed by atoms with Crippen LogP contribution in [0.25, 0.3) is 5.69 Å². The van der Waals surface area contributed by atoms with Gasteiger partial charge in [0.25, 0.3) is 5.56 Å². The summed E-state index contributed by atoms with van der Waals surface area (Å²) in [5.74, 6) is -0.844. The van der Waals surface area contributed by atoms with Crippen molar-refractivity contribution >= 4 is 11.6 Å². The molecule has 1 aromatic heterocycles. The summed E-state index contributed by atoms with van der Waals surface area (Å²) in [5.41, 5.74) is -4.96. The van der Waals surface area contributed by atoms with E-state index in [1.807, 2.05) is 0 Å². The summed E-state index contributed by atoms with van der Waals surface area (Å²) < 4.78 is 58.0. The Labute approximate surface area is 153 Å². The largest absolute Gasteiger partial charge is 0.456 e. The highest BCUT2D eigenvalue weighted by Crippen LogP contribution is 2.32. The number of alkyl halides is 3. The molecule has 0 amide bonds. The zero-order valence-electron chi connectivity index (χ0n) is 13.2. The first kappa shape index (κ1) is 18.7. The summed E-state index contributed by atoms with van der Waals surface area (Å²) in [6.45, 7) is 0. The minimum absolute atomic E-state index is 0.0922. The normalized spacial score (nSPS) is 11.4. The van der Waals surface area contributed by atoms with Crippen LogP contribution < -0.4 is 16.0 Å². The minimum Gasteiger partial charge on any atom is -0.456 e. The lowest BCUT2D eigenvalue weighted by molar-refractivity contribution is -0.141. The van der Waals surface area contributed by atoms with E-state index in [-0.39, 0.29) is 21.4 Å². The number of halogens is 5. The molecule has 0 fully saturated rings. The Balaban J connectivity index is 2.14. The lowest BCUT2D eigenvalue weighted by Gasteiger charge is -2.13. The van der Waals surface area contributed by atoms with E-state index in [2.05, 4.69) is 0 Å². The van der Waals surface area contributed by atoms with Gasteiger partial charge in [0.1, 0.15) is 23.0 Å². The van der Waals surface area contributed by atoms with Gasteiger partial charge in [-0.3, -0.25) is 4.79 Å². The smallest absolute Gasteiger partial charge is 0.431 e. The number of aromatic nitrogens is 2. The van der Waals surface area contributed by atoms with Crippen molar-refractivity contribution in [2.24, 2.45) is 0 Å². The fraction of sp³-hybridized carbons (Fsp3) is 0.0588. The number of aromatic amines is 1. The molecule has 1 N–H and O–H groups in total. The minimum atomic E-state index is -4.93. The number of hydrogen-bond donors (Lipinski definition) is 1. The molecule has 3 rings (SSSR count). The number of para-hydroxylation sites is 1. The molecule has 0 unspecified atom stereocenters. The second-order valence-corrected chi connectivity index (χ2v) is 5.72. The molecule has 0 saturated carbocycles. The van der Waals surface area contributed by atoms with Crippen molar-refractivity contribution in [3.63, 3.8) is 0 Å². The number of hydrogen-bond acceptors (Lipinski definition) is 3. The molecule has 140 valence electrons. The first-order valence-corrected chi connectivity index (χ1v) is 7.70. The lowest BCUT2D eigenvalue weighted by Crippen LogP contribution is -2.36. The van der Waals surface area contributed by atoms with Crippen LogP contribution in [0.4, 0.5) is 17.6 Å². The summed E-state index contributed by atoms with van der Waals surface area (Å²) in [5, 5.41) is -0.156. The lowest BCUT2D eigenvalue weighted by atomic mass is 10.2. The molecular weight excluding hydrogens is 392 g/mol. The molecule has 2 aromatic carbocycles. The van der Waals surface area contributed by atoms with Gasteiger partial charge in [-0.1, -0.05) is 29.8 Å². The van der Waals surface area contributed by atoms with E-state index in [1.165, 1.54) is 4.98 Å². The molecule has 1 heterocycles. The van der Waals surface area contributed by atoms with Gasteiger partial charge in [0.15, 0.2) is 0 Å². The monoisotopic (exact) mass is 400 g/mol. The molecule has 27 heavy (non-hydrogen) atoms. The predicted molar refractivity (Wildman–Crippen MR) is 89.1 cm³/mol. The summed E-state index contributed by atoms with van der Waals surface area (Å²) in [4.78, 5) is 25.5. The fourth-order valence-corrected chi connectivity index (χ4v) is 2.45. The molecule has 0 aliphatic rings. The van der Waals surface area contributed by atoms with Gasteiger partial charge in [-0.15, -0.1) is 0 Å². The highest BCUT2D eigenvalue weighted by atomic mass is 35.5. The van der Waals surface area contributed by atoms with E-state index in [9.17, 15) is 27.2 Å². The van der Waals surface area contributed by atoms with E-state index < -0.39 is 34.6 Å². The van der Waals surface area contributed by atoms with Gasteiger partial charge in [0.2, 0.25) is 0 Å². The number of nitrogens with one attached hydrogen (secondary N) is 1. The third-order valence-electron chi connectivity index (χ3n) is 3.45. The topological polar surface area (TPSA) is 64.1 Å². The SMILES string of the molecule is O=c1cc(C(F)(F)F)[nH]c(=O)n1-c1cc(Oc2ccccc2)c(Cl)cc1F. The first-order valence-electron chi connectivity index (χ1n) is 7.32. The van der Waals surface area contributed by atoms with E-state index in [0.29, 0.717) is 5.75 Å². The summed E-state index contributed by atoms with van der Waals surface area (Å²) in [7, 11) is 0. The molecule has 0 aliphatic heterocycles. The number of nitrogens with zero attached hydrogens (tertiary/aromatic N) is 1. The molecule has 0 atom stereocenters. The highest BCUT2D eigenvalue weighted by molar-refractivity contribution is 6.32. The standard InChI is InChI=1S/C17H9ClF4N2O3/c18-10-6-11(19)12(7-13(10)27-9-4-2-1-3-5-9)24-15(25)8-14(17(20,21)22)23-16(24)26/h1-8H,(H,23,26). The van der Waals surface area contributed by atoms with E-state index in [4.69, 9.17) is 16.3 Å². The number of H-pyrrole nitrogens is 1. The van der Waals surface area contributed by atoms with Gasteiger partial charge >= 0.3 is 11.9 Å². The molecule has 5 nitrogen and oxygen atoms in total. The number of ether oxygens (including phenoxy) is 1. The van der Waals surface area contributed by atoms with Crippen molar-refractivity contribution in [2.45, 2.75) is 6.18 Å². The summed E-state index contributed by atoms with van der Waals surface area (Å²) in [6.07, 6.45) is -4.93. The van der Waals surface area contributed by atoms with Crippen LogP contribution >= 0.6 is 11.6 Å². The Morgan fingerprint density at radius 1 is 1.04 bits per heavy atom. The van der Waals surface area contributed by atoms with Crippen LogP contribution in [0.3, 0.4) is 0 Å². The second kappa shape index (κ2) is 6.92. The number of benzene rings is 2. The average Bonchev–Trinajstić information content (AvgIpc) is 2.58. The maximum atomic E-state index is 14.3. The van der Waals surface area contributed by atoms with Crippen molar-refractivity contribution in [2.75, 3.05) is 0 Å². The molecular formula is C17H9ClF4N2O3. The molecule has 10 heteroatoms. The van der Waals surface area contributed by atoms with Crippen molar-refractivity contribution in [1.29, 1.82) is 0 Å². The van der Waals surface area contributed by atoms with Gasteiger partial charge in [0, 0.05) is 12.1 Å². The van der Waals surface area contributed by atoms with E-state index >= 15 is 0 Å². The van der Waals surface area contributed by atoms with Crippen LogP contribution in [-0.2, 0) is 6.18 Å².